The van der Waals surface area contributed by atoms with Crippen molar-refractivity contribution in [1.82, 2.24) is 5.32 Å². The molecule has 0 spiro atoms. The number of hydrogen-bond acceptors (Lipinski definition) is 3. The first-order valence-corrected chi connectivity index (χ1v) is 11.8. The van der Waals surface area contributed by atoms with Crippen LogP contribution < -0.4 is 5.32 Å². The van der Waals surface area contributed by atoms with Gasteiger partial charge in [-0.15, -0.1) is 0 Å². The summed E-state index contributed by atoms with van der Waals surface area (Å²) in [5, 5.41) is 14.3. The molecule has 4 aromatic carbocycles. The van der Waals surface area contributed by atoms with E-state index in [1.807, 2.05) is 72.8 Å². The number of ether oxygens (including phenoxy) is 1. The summed E-state index contributed by atoms with van der Waals surface area (Å²) in [6.07, 6.45) is -0.614. The molecule has 1 atom stereocenters. The van der Waals surface area contributed by atoms with E-state index in [-0.39, 0.29) is 18.9 Å². The van der Waals surface area contributed by atoms with Crippen molar-refractivity contribution in [2.24, 2.45) is 0 Å². The lowest BCUT2D eigenvalue weighted by atomic mass is 9.98. The molecule has 0 heterocycles. The zero-order chi connectivity index (χ0) is 23.7. The molecule has 0 fully saturated rings. The van der Waals surface area contributed by atoms with E-state index in [2.05, 4.69) is 33.4 Å². The number of halogens is 1. The van der Waals surface area contributed by atoms with E-state index in [0.717, 1.165) is 43.1 Å². The Bertz CT molecular complexity index is 1350. The molecule has 34 heavy (non-hydrogen) atoms. The maximum absolute atomic E-state index is 12.6. The first-order chi connectivity index (χ1) is 16.5. The number of hydrogen-bond donors (Lipinski definition) is 2. The molecule has 0 saturated heterocycles. The third-order valence-corrected chi connectivity index (χ3v) is 7.24. The molecule has 5 rings (SSSR count). The van der Waals surface area contributed by atoms with Crippen molar-refractivity contribution < 1.29 is 19.4 Å². The Kier molecular flexibility index (Phi) is 6.07. The predicted molar refractivity (Wildman–Crippen MR) is 135 cm³/mol. The summed E-state index contributed by atoms with van der Waals surface area (Å²) in [6.45, 7) is 0.131. The Morgan fingerprint density at radius 2 is 1.50 bits per heavy atom. The van der Waals surface area contributed by atoms with Crippen LogP contribution in [0.3, 0.4) is 0 Å². The van der Waals surface area contributed by atoms with Crippen LogP contribution in [0.2, 0.25) is 0 Å². The molecule has 6 heteroatoms. The number of carboxylic acids is 1. The quantitative estimate of drug-likeness (QED) is 0.323. The van der Waals surface area contributed by atoms with Crippen molar-refractivity contribution >= 4 is 38.8 Å². The number of carbonyl (C=O) groups excluding carboxylic acids is 1. The first-order valence-electron chi connectivity index (χ1n) is 11.0. The van der Waals surface area contributed by atoms with Crippen LogP contribution in [0.1, 0.15) is 22.6 Å². The number of aliphatic carboxylic acids is 1. The summed E-state index contributed by atoms with van der Waals surface area (Å²) in [4.78, 5) is 24.5. The highest BCUT2D eigenvalue weighted by Gasteiger charge is 2.30. The highest BCUT2D eigenvalue weighted by Crippen LogP contribution is 2.44. The lowest BCUT2D eigenvalue weighted by molar-refractivity contribution is -0.139. The van der Waals surface area contributed by atoms with Gasteiger partial charge >= 0.3 is 12.1 Å². The van der Waals surface area contributed by atoms with Gasteiger partial charge in [0.2, 0.25) is 0 Å². The van der Waals surface area contributed by atoms with Gasteiger partial charge < -0.3 is 15.2 Å². The number of benzene rings is 4. The molecule has 1 aliphatic carbocycles. The molecule has 1 aliphatic rings. The van der Waals surface area contributed by atoms with Crippen molar-refractivity contribution in [3.63, 3.8) is 0 Å². The van der Waals surface area contributed by atoms with Crippen LogP contribution in [0, 0.1) is 0 Å². The van der Waals surface area contributed by atoms with Crippen molar-refractivity contribution in [3.05, 3.63) is 106 Å². The smallest absolute Gasteiger partial charge is 0.407 e. The van der Waals surface area contributed by atoms with Crippen molar-refractivity contribution in [2.45, 2.75) is 18.4 Å². The molecule has 5 nitrogen and oxygen atoms in total. The molecule has 0 radical (unpaired) electrons. The molecule has 1 amide bonds. The normalized spacial score (nSPS) is 13.2. The third kappa shape index (κ3) is 4.17. The second-order valence-corrected chi connectivity index (χ2v) is 9.12. The lowest BCUT2D eigenvalue weighted by Gasteiger charge is -2.18. The van der Waals surface area contributed by atoms with Gasteiger partial charge in [-0.1, -0.05) is 84.9 Å². The Labute approximate surface area is 205 Å². The monoisotopic (exact) mass is 515 g/mol. The van der Waals surface area contributed by atoms with Gasteiger partial charge in [0.05, 0.1) is 0 Å². The predicted octanol–water partition coefficient (Wildman–Crippen LogP) is 6.14. The zero-order valence-electron chi connectivity index (χ0n) is 18.2. The second kappa shape index (κ2) is 9.31. The molecule has 0 aromatic heterocycles. The van der Waals surface area contributed by atoms with Gasteiger partial charge in [-0.3, -0.25) is 0 Å². The fourth-order valence-electron chi connectivity index (χ4n) is 4.64. The molecular formula is C28H22BrNO4. The Balaban J connectivity index is 1.29. The average Bonchev–Trinajstić information content (AvgIpc) is 3.17. The number of fused-ring (bicyclic) bond motifs is 4. The van der Waals surface area contributed by atoms with Gasteiger partial charge in [0, 0.05) is 16.8 Å². The van der Waals surface area contributed by atoms with Crippen molar-refractivity contribution in [1.29, 1.82) is 0 Å². The fraction of sp³-hybridized carbons (Fsp3) is 0.143. The molecular weight excluding hydrogens is 494 g/mol. The topological polar surface area (TPSA) is 75.6 Å². The number of carbonyl (C=O) groups is 2. The van der Waals surface area contributed by atoms with Gasteiger partial charge in [0.1, 0.15) is 12.6 Å². The van der Waals surface area contributed by atoms with Gasteiger partial charge in [-0.2, -0.15) is 0 Å². The van der Waals surface area contributed by atoms with Crippen LogP contribution >= 0.6 is 15.9 Å². The van der Waals surface area contributed by atoms with Crippen LogP contribution in [0.15, 0.2) is 89.4 Å². The average molecular weight is 516 g/mol. The van der Waals surface area contributed by atoms with Crippen molar-refractivity contribution in [2.75, 3.05) is 6.61 Å². The van der Waals surface area contributed by atoms with Gasteiger partial charge in [-0.25, -0.2) is 9.59 Å². The molecule has 2 N–H and O–H groups in total. The van der Waals surface area contributed by atoms with Crippen molar-refractivity contribution in [3.8, 4) is 11.1 Å². The number of amides is 1. The number of rotatable bonds is 6. The molecule has 0 bridgehead atoms. The molecule has 4 aromatic rings. The number of carboxylic acid groups (broad SMARTS) is 1. The Morgan fingerprint density at radius 1 is 0.882 bits per heavy atom. The number of nitrogens with one attached hydrogen (secondary N) is 1. The molecule has 0 aliphatic heterocycles. The van der Waals surface area contributed by atoms with E-state index >= 15 is 0 Å². The maximum atomic E-state index is 12.6. The summed E-state index contributed by atoms with van der Waals surface area (Å²) in [5.41, 5.74) is 5.27. The molecule has 170 valence electrons. The van der Waals surface area contributed by atoms with Gasteiger partial charge in [0.25, 0.3) is 0 Å². The lowest BCUT2D eigenvalue weighted by Crippen LogP contribution is -2.43. The highest BCUT2D eigenvalue weighted by atomic mass is 79.9. The highest BCUT2D eigenvalue weighted by molar-refractivity contribution is 9.10. The van der Waals surface area contributed by atoms with Crippen LogP contribution in [-0.4, -0.2) is 29.8 Å². The second-order valence-electron chi connectivity index (χ2n) is 8.32. The zero-order valence-corrected chi connectivity index (χ0v) is 19.8. The minimum absolute atomic E-state index is 0.0870. The minimum atomic E-state index is -1.12. The SMILES string of the molecule is O=C(NC(Cc1ccc2ccccc2c1Br)C(=O)O)OCC1c2ccccc2-c2ccccc21. The number of alkyl carbamates (subject to hydrolysis) is 1. The van der Waals surface area contributed by atoms with Crippen LogP contribution in [0.4, 0.5) is 4.79 Å². The third-order valence-electron chi connectivity index (χ3n) is 6.30. The fourth-order valence-corrected chi connectivity index (χ4v) is 5.29. The van der Waals surface area contributed by atoms with E-state index in [0.29, 0.717) is 0 Å². The Morgan fingerprint density at radius 3 is 2.18 bits per heavy atom. The van der Waals surface area contributed by atoms with E-state index in [4.69, 9.17) is 4.74 Å². The summed E-state index contributed by atoms with van der Waals surface area (Å²) < 4.78 is 6.36. The standard InChI is InChI=1S/C28H22BrNO4/c29-26-18(14-13-17-7-1-2-8-19(17)26)15-25(27(31)32)30-28(33)34-16-24-22-11-5-3-9-20(22)21-10-4-6-12-23(21)24/h1-14,24-25H,15-16H2,(H,30,33)(H,31,32). The Hall–Kier alpha value is -3.64. The van der Waals surface area contributed by atoms with Gasteiger partial charge in [0.15, 0.2) is 0 Å². The first kappa shape index (κ1) is 22.2. The van der Waals surface area contributed by atoms with Gasteiger partial charge in [-0.05, 0) is 54.5 Å². The largest absolute Gasteiger partial charge is 0.480 e. The summed E-state index contributed by atoms with van der Waals surface area (Å²) in [7, 11) is 0. The van der Waals surface area contributed by atoms with Crippen LogP contribution in [-0.2, 0) is 16.0 Å². The van der Waals surface area contributed by atoms with E-state index in [9.17, 15) is 14.7 Å². The van der Waals surface area contributed by atoms with E-state index in [1.54, 1.807) is 0 Å². The minimum Gasteiger partial charge on any atom is -0.480 e. The molecule has 0 saturated carbocycles. The summed E-state index contributed by atoms with van der Waals surface area (Å²) >= 11 is 3.59. The summed E-state index contributed by atoms with van der Waals surface area (Å²) in [6, 6.07) is 26.7. The van der Waals surface area contributed by atoms with Crippen LogP contribution in [0.5, 0.6) is 0 Å². The van der Waals surface area contributed by atoms with Crippen LogP contribution in [0.25, 0.3) is 21.9 Å². The maximum Gasteiger partial charge on any atom is 0.407 e. The van der Waals surface area contributed by atoms with E-state index < -0.39 is 18.1 Å². The summed E-state index contributed by atoms with van der Waals surface area (Å²) in [5.74, 6) is -1.20. The molecule has 1 unspecified atom stereocenters. The van der Waals surface area contributed by atoms with E-state index in [1.165, 1.54) is 0 Å².